The predicted octanol–water partition coefficient (Wildman–Crippen LogP) is 5.96. The van der Waals surface area contributed by atoms with Crippen molar-refractivity contribution in [3.63, 3.8) is 0 Å². The van der Waals surface area contributed by atoms with Crippen molar-refractivity contribution in [1.29, 1.82) is 0 Å². The Bertz CT molecular complexity index is 328. The summed E-state index contributed by atoms with van der Waals surface area (Å²) in [4.78, 5) is 22.3. The van der Waals surface area contributed by atoms with E-state index in [0.29, 0.717) is 6.42 Å². The van der Waals surface area contributed by atoms with Gasteiger partial charge >= 0.3 is 11.9 Å². The fraction of sp³-hybridized carbons (Fsp3) is 0.905. The predicted molar refractivity (Wildman–Crippen MR) is 102 cm³/mol. The van der Waals surface area contributed by atoms with Crippen LogP contribution in [0.2, 0.25) is 0 Å². The molecule has 148 valence electrons. The number of unbranched alkanes of at least 4 members (excludes halogenated alkanes) is 10. The van der Waals surface area contributed by atoms with Crippen LogP contribution < -0.4 is 0 Å². The Hall–Kier alpha value is -1.06. The van der Waals surface area contributed by atoms with Gasteiger partial charge in [-0.05, 0) is 32.1 Å². The van der Waals surface area contributed by atoms with Crippen LogP contribution in [0, 0.1) is 0 Å². The lowest BCUT2D eigenvalue weighted by atomic mass is 10.0. The second kappa shape index (κ2) is 17.8. The lowest BCUT2D eigenvalue weighted by Crippen LogP contribution is -2.16. The number of methoxy groups -OCH3 is 1. The van der Waals surface area contributed by atoms with Crippen molar-refractivity contribution in [1.82, 2.24) is 0 Å². The number of carbonyl (C=O) groups excluding carboxylic acids is 2. The van der Waals surface area contributed by atoms with Crippen LogP contribution in [0.3, 0.4) is 0 Å². The summed E-state index contributed by atoms with van der Waals surface area (Å²) >= 11 is 0. The monoisotopic (exact) mass is 356 g/mol. The summed E-state index contributed by atoms with van der Waals surface area (Å²) in [5.74, 6) is -0.372. The summed E-state index contributed by atoms with van der Waals surface area (Å²) in [5, 5.41) is 0. The summed E-state index contributed by atoms with van der Waals surface area (Å²) in [6.07, 6.45) is 17.0. The van der Waals surface area contributed by atoms with Crippen LogP contribution in [0.25, 0.3) is 0 Å². The Balaban J connectivity index is 3.64. The van der Waals surface area contributed by atoms with Gasteiger partial charge in [0.25, 0.3) is 0 Å². The van der Waals surface area contributed by atoms with Crippen molar-refractivity contribution in [3.8, 4) is 0 Å². The maximum atomic E-state index is 11.2. The van der Waals surface area contributed by atoms with Gasteiger partial charge in [-0.1, -0.05) is 64.7 Å². The molecule has 0 aliphatic rings. The van der Waals surface area contributed by atoms with Gasteiger partial charge in [0.05, 0.1) is 7.11 Å². The zero-order valence-electron chi connectivity index (χ0n) is 16.8. The first kappa shape index (κ1) is 23.9. The summed E-state index contributed by atoms with van der Waals surface area (Å²) in [6, 6.07) is 0. The van der Waals surface area contributed by atoms with E-state index in [1.54, 1.807) is 0 Å². The van der Waals surface area contributed by atoms with E-state index in [9.17, 15) is 9.59 Å². The van der Waals surface area contributed by atoms with Crippen molar-refractivity contribution < 1.29 is 19.1 Å². The molecule has 0 heterocycles. The van der Waals surface area contributed by atoms with E-state index in [-0.39, 0.29) is 18.0 Å². The molecule has 1 unspecified atom stereocenters. The minimum absolute atomic E-state index is 0.00388. The number of esters is 2. The topological polar surface area (TPSA) is 52.6 Å². The zero-order chi connectivity index (χ0) is 18.8. The lowest BCUT2D eigenvalue weighted by Gasteiger charge is -2.16. The maximum absolute atomic E-state index is 11.2. The fourth-order valence-electron chi connectivity index (χ4n) is 3.10. The number of carbonyl (C=O) groups is 2. The standard InChI is InChI=1S/C21H40O4/c1-4-5-6-7-8-9-10-11-12-13-16-20(25-19(2)22)17-14-15-18-21(23)24-3/h20H,4-18H2,1-3H3. The highest BCUT2D eigenvalue weighted by Gasteiger charge is 2.12. The van der Waals surface area contributed by atoms with E-state index in [4.69, 9.17) is 4.74 Å². The molecule has 0 radical (unpaired) electrons. The molecule has 4 nitrogen and oxygen atoms in total. The highest BCUT2D eigenvalue weighted by Crippen LogP contribution is 2.16. The molecule has 1 atom stereocenters. The molecule has 0 amide bonds. The van der Waals surface area contributed by atoms with Gasteiger partial charge in [-0.15, -0.1) is 0 Å². The Labute approximate surface area is 155 Å². The average Bonchev–Trinajstić information content (AvgIpc) is 2.59. The average molecular weight is 357 g/mol. The van der Waals surface area contributed by atoms with Crippen LogP contribution in [0.15, 0.2) is 0 Å². The molecule has 0 aliphatic carbocycles. The number of hydrogen-bond donors (Lipinski definition) is 0. The van der Waals surface area contributed by atoms with Gasteiger partial charge in [-0.3, -0.25) is 9.59 Å². The highest BCUT2D eigenvalue weighted by molar-refractivity contribution is 5.69. The third-order valence-corrected chi connectivity index (χ3v) is 4.60. The Morgan fingerprint density at radius 2 is 1.24 bits per heavy atom. The van der Waals surface area contributed by atoms with Crippen molar-refractivity contribution >= 4 is 11.9 Å². The van der Waals surface area contributed by atoms with Gasteiger partial charge in [-0.2, -0.15) is 0 Å². The van der Waals surface area contributed by atoms with Gasteiger partial charge < -0.3 is 9.47 Å². The molecule has 0 aromatic heterocycles. The normalized spacial score (nSPS) is 12.0. The Kier molecular flexibility index (Phi) is 17.0. The molecule has 0 saturated heterocycles. The SMILES string of the molecule is CCCCCCCCCCCCC(CCCCC(=O)OC)OC(C)=O. The molecular weight excluding hydrogens is 316 g/mol. The van der Waals surface area contributed by atoms with Crippen molar-refractivity contribution in [3.05, 3.63) is 0 Å². The van der Waals surface area contributed by atoms with Gasteiger partial charge in [0.15, 0.2) is 0 Å². The second-order valence-electron chi connectivity index (χ2n) is 7.02. The van der Waals surface area contributed by atoms with E-state index in [2.05, 4.69) is 11.7 Å². The van der Waals surface area contributed by atoms with Gasteiger partial charge in [0.2, 0.25) is 0 Å². The number of hydrogen-bond acceptors (Lipinski definition) is 4. The van der Waals surface area contributed by atoms with Crippen molar-refractivity contribution in [2.45, 2.75) is 116 Å². The first-order chi connectivity index (χ1) is 12.1. The molecule has 0 aromatic rings. The third kappa shape index (κ3) is 17.6. The highest BCUT2D eigenvalue weighted by atomic mass is 16.5. The van der Waals surface area contributed by atoms with Crippen LogP contribution in [0.5, 0.6) is 0 Å². The first-order valence-electron chi connectivity index (χ1n) is 10.3. The van der Waals surface area contributed by atoms with Crippen LogP contribution in [-0.2, 0) is 19.1 Å². The van der Waals surface area contributed by atoms with E-state index in [1.807, 2.05) is 0 Å². The van der Waals surface area contributed by atoms with Crippen molar-refractivity contribution in [2.75, 3.05) is 7.11 Å². The zero-order valence-corrected chi connectivity index (χ0v) is 16.8. The molecule has 0 N–H and O–H groups in total. The lowest BCUT2D eigenvalue weighted by molar-refractivity contribution is -0.147. The van der Waals surface area contributed by atoms with Crippen LogP contribution in [0.1, 0.15) is 110 Å². The molecule has 0 rings (SSSR count). The molecule has 25 heavy (non-hydrogen) atoms. The fourth-order valence-corrected chi connectivity index (χ4v) is 3.10. The van der Waals surface area contributed by atoms with E-state index in [1.165, 1.54) is 71.8 Å². The van der Waals surface area contributed by atoms with Crippen molar-refractivity contribution in [2.24, 2.45) is 0 Å². The molecule has 4 heteroatoms. The van der Waals surface area contributed by atoms with Gasteiger partial charge in [-0.25, -0.2) is 0 Å². The van der Waals surface area contributed by atoms with E-state index >= 15 is 0 Å². The summed E-state index contributed by atoms with van der Waals surface area (Å²) in [6.45, 7) is 3.72. The molecular formula is C21H40O4. The largest absolute Gasteiger partial charge is 0.469 e. The number of rotatable bonds is 17. The van der Waals surface area contributed by atoms with Gasteiger partial charge in [0.1, 0.15) is 6.10 Å². The number of ether oxygens (including phenoxy) is 2. The third-order valence-electron chi connectivity index (χ3n) is 4.60. The first-order valence-corrected chi connectivity index (χ1v) is 10.3. The minimum Gasteiger partial charge on any atom is -0.469 e. The Morgan fingerprint density at radius 1 is 0.760 bits per heavy atom. The molecule has 0 fully saturated rings. The smallest absolute Gasteiger partial charge is 0.305 e. The molecule has 0 bridgehead atoms. The van der Waals surface area contributed by atoms with E-state index < -0.39 is 0 Å². The van der Waals surface area contributed by atoms with Crippen LogP contribution >= 0.6 is 0 Å². The minimum atomic E-state index is -0.204. The molecule has 0 aromatic carbocycles. The van der Waals surface area contributed by atoms with Crippen LogP contribution in [0.4, 0.5) is 0 Å². The maximum Gasteiger partial charge on any atom is 0.305 e. The Morgan fingerprint density at radius 3 is 1.72 bits per heavy atom. The quantitative estimate of drug-likeness (QED) is 0.238. The molecule has 0 saturated carbocycles. The summed E-state index contributed by atoms with van der Waals surface area (Å²) < 4.78 is 10.0. The molecule has 0 aliphatic heterocycles. The summed E-state index contributed by atoms with van der Waals surface area (Å²) in [5.41, 5.74) is 0. The van der Waals surface area contributed by atoms with Gasteiger partial charge in [0, 0.05) is 13.3 Å². The second-order valence-corrected chi connectivity index (χ2v) is 7.02. The summed E-state index contributed by atoms with van der Waals surface area (Å²) in [7, 11) is 1.41. The van der Waals surface area contributed by atoms with Crippen LogP contribution in [-0.4, -0.2) is 25.2 Å². The molecule has 0 spiro atoms. The van der Waals surface area contributed by atoms with E-state index in [0.717, 1.165) is 32.1 Å².